The zero-order chi connectivity index (χ0) is 9.84. The SMILES string of the molecule is NNc1cc(CO)ccc1[N+](=O)[O-]. The van der Waals surface area contributed by atoms with Gasteiger partial charge in [0.2, 0.25) is 0 Å². The first kappa shape index (κ1) is 9.43. The van der Waals surface area contributed by atoms with Crippen molar-refractivity contribution in [3.63, 3.8) is 0 Å². The molecular weight excluding hydrogens is 174 g/mol. The van der Waals surface area contributed by atoms with Crippen LogP contribution in [0.3, 0.4) is 0 Å². The first-order valence-electron chi connectivity index (χ1n) is 3.54. The highest BCUT2D eigenvalue weighted by atomic mass is 16.6. The van der Waals surface area contributed by atoms with Gasteiger partial charge in [0.25, 0.3) is 5.69 Å². The molecule has 0 bridgehead atoms. The molecule has 1 aromatic rings. The molecule has 0 unspecified atom stereocenters. The number of hydrazine groups is 1. The Kier molecular flexibility index (Phi) is 2.78. The van der Waals surface area contributed by atoms with Crippen LogP contribution in [0, 0.1) is 10.1 Å². The second kappa shape index (κ2) is 3.83. The third-order valence-corrected chi connectivity index (χ3v) is 1.60. The third-order valence-electron chi connectivity index (χ3n) is 1.60. The van der Waals surface area contributed by atoms with Crippen molar-refractivity contribution in [1.29, 1.82) is 0 Å². The van der Waals surface area contributed by atoms with Crippen LogP contribution in [0.1, 0.15) is 5.56 Å². The van der Waals surface area contributed by atoms with Crippen LogP contribution in [0.15, 0.2) is 18.2 Å². The van der Waals surface area contributed by atoms with Crippen LogP contribution in [0.4, 0.5) is 11.4 Å². The standard InChI is InChI=1S/C7H9N3O3/c8-9-6-3-5(4-11)1-2-7(6)10(12)13/h1-3,9,11H,4,8H2. The van der Waals surface area contributed by atoms with Gasteiger partial charge in [-0.25, -0.2) is 0 Å². The molecule has 0 radical (unpaired) electrons. The molecule has 0 amide bonds. The van der Waals surface area contributed by atoms with Crippen molar-refractivity contribution in [3.8, 4) is 0 Å². The van der Waals surface area contributed by atoms with Crippen LogP contribution >= 0.6 is 0 Å². The zero-order valence-corrected chi connectivity index (χ0v) is 6.73. The molecule has 6 heteroatoms. The van der Waals surface area contributed by atoms with Gasteiger partial charge in [-0.05, 0) is 17.7 Å². The molecule has 0 spiro atoms. The summed E-state index contributed by atoms with van der Waals surface area (Å²) in [5.74, 6) is 5.08. The number of nitrogen functional groups attached to an aromatic ring is 1. The van der Waals surface area contributed by atoms with Crippen LogP contribution in [-0.2, 0) is 6.61 Å². The Labute approximate surface area is 74.1 Å². The number of rotatable bonds is 3. The molecule has 0 aliphatic heterocycles. The van der Waals surface area contributed by atoms with Crippen molar-refractivity contribution in [2.75, 3.05) is 5.43 Å². The molecule has 0 atom stereocenters. The second-order valence-electron chi connectivity index (χ2n) is 2.41. The van der Waals surface area contributed by atoms with Gasteiger partial charge >= 0.3 is 0 Å². The normalized spacial score (nSPS) is 9.69. The molecular formula is C7H9N3O3. The number of nitro groups is 1. The van der Waals surface area contributed by atoms with Crippen LogP contribution < -0.4 is 11.3 Å². The summed E-state index contributed by atoms with van der Waals surface area (Å²) in [5, 5.41) is 19.2. The number of hydrogen-bond acceptors (Lipinski definition) is 5. The number of hydrogen-bond donors (Lipinski definition) is 3. The molecule has 1 rings (SSSR count). The van der Waals surface area contributed by atoms with E-state index >= 15 is 0 Å². The highest BCUT2D eigenvalue weighted by Gasteiger charge is 2.12. The van der Waals surface area contributed by atoms with Gasteiger partial charge in [0.15, 0.2) is 0 Å². The van der Waals surface area contributed by atoms with Gasteiger partial charge in [-0.2, -0.15) is 0 Å². The maximum Gasteiger partial charge on any atom is 0.293 e. The summed E-state index contributed by atoms with van der Waals surface area (Å²) in [4.78, 5) is 9.88. The quantitative estimate of drug-likeness (QED) is 0.357. The number of nitro benzene ring substituents is 1. The lowest BCUT2D eigenvalue weighted by molar-refractivity contribution is -0.384. The monoisotopic (exact) mass is 183 g/mol. The molecule has 0 aliphatic rings. The van der Waals surface area contributed by atoms with E-state index in [-0.39, 0.29) is 18.0 Å². The van der Waals surface area contributed by atoms with Crippen LogP contribution in [-0.4, -0.2) is 10.0 Å². The summed E-state index contributed by atoms with van der Waals surface area (Å²) in [6.45, 7) is -0.174. The van der Waals surface area contributed by atoms with Crippen molar-refractivity contribution in [2.24, 2.45) is 5.84 Å². The Morgan fingerprint density at radius 1 is 1.62 bits per heavy atom. The van der Waals surface area contributed by atoms with Crippen molar-refractivity contribution < 1.29 is 10.0 Å². The number of anilines is 1. The minimum absolute atomic E-state index is 0.111. The van der Waals surface area contributed by atoms with E-state index in [1.807, 2.05) is 0 Å². The molecule has 0 fully saturated rings. The van der Waals surface area contributed by atoms with E-state index in [1.54, 1.807) is 0 Å². The van der Waals surface area contributed by atoms with E-state index in [0.29, 0.717) is 5.56 Å². The topological polar surface area (TPSA) is 101 Å². The Morgan fingerprint density at radius 2 is 2.31 bits per heavy atom. The number of aliphatic hydroxyl groups is 1. The summed E-state index contributed by atoms with van der Waals surface area (Å²) in [5.41, 5.74) is 2.85. The Hall–Kier alpha value is -1.66. The highest BCUT2D eigenvalue weighted by Crippen LogP contribution is 2.24. The second-order valence-corrected chi connectivity index (χ2v) is 2.41. The zero-order valence-electron chi connectivity index (χ0n) is 6.73. The molecule has 4 N–H and O–H groups in total. The summed E-state index contributed by atoms with van der Waals surface area (Å²) in [7, 11) is 0. The number of benzene rings is 1. The summed E-state index contributed by atoms with van der Waals surface area (Å²) >= 11 is 0. The maximum absolute atomic E-state index is 10.4. The molecule has 13 heavy (non-hydrogen) atoms. The minimum atomic E-state index is -0.545. The van der Waals surface area contributed by atoms with Crippen molar-refractivity contribution >= 4 is 11.4 Å². The smallest absolute Gasteiger partial charge is 0.293 e. The fraction of sp³-hybridized carbons (Fsp3) is 0.143. The predicted octanol–water partition coefficient (Wildman–Crippen LogP) is 0.373. The van der Waals surface area contributed by atoms with Crippen LogP contribution in [0.5, 0.6) is 0 Å². The van der Waals surface area contributed by atoms with Gasteiger partial charge in [0.1, 0.15) is 5.69 Å². The van der Waals surface area contributed by atoms with Gasteiger partial charge in [0.05, 0.1) is 11.5 Å². The Bertz CT molecular complexity index is 327. The maximum atomic E-state index is 10.4. The summed E-state index contributed by atoms with van der Waals surface area (Å²) in [6.07, 6.45) is 0. The van der Waals surface area contributed by atoms with E-state index in [2.05, 4.69) is 5.43 Å². The predicted molar refractivity (Wildman–Crippen MR) is 46.8 cm³/mol. The van der Waals surface area contributed by atoms with Gasteiger partial charge < -0.3 is 10.5 Å². The summed E-state index contributed by atoms with van der Waals surface area (Å²) < 4.78 is 0. The van der Waals surface area contributed by atoms with E-state index in [1.165, 1.54) is 18.2 Å². The van der Waals surface area contributed by atoms with Crippen LogP contribution in [0.2, 0.25) is 0 Å². The van der Waals surface area contributed by atoms with E-state index in [4.69, 9.17) is 10.9 Å². The lowest BCUT2D eigenvalue weighted by Crippen LogP contribution is -2.09. The number of aliphatic hydroxyl groups excluding tert-OH is 1. The molecule has 0 saturated carbocycles. The largest absolute Gasteiger partial charge is 0.392 e. The summed E-state index contributed by atoms with van der Waals surface area (Å²) in [6, 6.07) is 4.19. The van der Waals surface area contributed by atoms with E-state index in [0.717, 1.165) is 0 Å². The number of nitrogens with two attached hydrogens (primary N) is 1. The molecule has 1 aromatic carbocycles. The van der Waals surface area contributed by atoms with E-state index in [9.17, 15) is 10.1 Å². The van der Waals surface area contributed by atoms with E-state index < -0.39 is 4.92 Å². The lowest BCUT2D eigenvalue weighted by Gasteiger charge is -2.03. The molecule has 70 valence electrons. The molecule has 0 heterocycles. The fourth-order valence-electron chi connectivity index (χ4n) is 0.956. The van der Waals surface area contributed by atoms with Crippen molar-refractivity contribution in [3.05, 3.63) is 33.9 Å². The molecule has 0 aliphatic carbocycles. The molecule has 6 nitrogen and oxygen atoms in total. The fourth-order valence-corrected chi connectivity index (χ4v) is 0.956. The molecule has 0 saturated heterocycles. The molecule has 0 aromatic heterocycles. The van der Waals surface area contributed by atoms with Crippen molar-refractivity contribution in [2.45, 2.75) is 6.61 Å². The average Bonchev–Trinajstić information content (AvgIpc) is 2.16. The van der Waals surface area contributed by atoms with Gasteiger partial charge in [-0.15, -0.1) is 0 Å². The Balaban J connectivity index is 3.15. The highest BCUT2D eigenvalue weighted by molar-refractivity contribution is 5.61. The first-order chi connectivity index (χ1) is 6.19. The average molecular weight is 183 g/mol. The van der Waals surface area contributed by atoms with Gasteiger partial charge in [0, 0.05) is 6.07 Å². The van der Waals surface area contributed by atoms with Crippen molar-refractivity contribution in [1.82, 2.24) is 0 Å². The number of nitrogens with zero attached hydrogens (tertiary/aromatic N) is 1. The van der Waals surface area contributed by atoms with Gasteiger partial charge in [-0.1, -0.05) is 0 Å². The minimum Gasteiger partial charge on any atom is -0.392 e. The lowest BCUT2D eigenvalue weighted by atomic mass is 10.2. The third kappa shape index (κ3) is 1.92. The Morgan fingerprint density at radius 3 is 2.77 bits per heavy atom. The van der Waals surface area contributed by atoms with Gasteiger partial charge in [-0.3, -0.25) is 16.0 Å². The number of nitrogens with one attached hydrogen (secondary N) is 1. The van der Waals surface area contributed by atoms with Crippen LogP contribution in [0.25, 0.3) is 0 Å². The first-order valence-corrected chi connectivity index (χ1v) is 3.54.